The van der Waals surface area contributed by atoms with Crippen molar-refractivity contribution in [3.63, 3.8) is 0 Å². The maximum Gasteiger partial charge on any atom is 0.326 e. The van der Waals surface area contributed by atoms with E-state index in [0.717, 1.165) is 16.3 Å². The number of nitrogens with one attached hydrogen (secondary N) is 4. The van der Waals surface area contributed by atoms with Crippen molar-refractivity contribution in [2.75, 3.05) is 91.6 Å². The number of rotatable bonds is 28. The van der Waals surface area contributed by atoms with Crippen LogP contribution < -0.4 is 21.3 Å². The van der Waals surface area contributed by atoms with E-state index in [9.17, 15) is 73.5 Å². The molecular weight excluding hydrogens is 969 g/mol. The standard InChI is InChI=1S/C50H72N8O16/c59-41(36-12-8-33(9-13-36)28-52-42(60)29-55-17-19-56(30-44(63)64)21-23-58(32-46(67)68)24-22-57(20-18-55)31-45(65)66)27-38(26-34-10-11-35-5-1-2-6-37(35)25-34)47(69)51-16-4-3-7-39(48(70)71)53-50(74)54-40(49(72)73)14-15-43(61)62/h1-2,5-6,10-11,25,33,36,38-40H,3-4,7-9,12-24,26-32H2,(H,51,69)(H,52,60)(H,61,62)(H,63,64)(H,65,66)(H,67,68)(H,70,71)(H,72,73)(H2,53,54,74)/t33?,36?,38-,39+,40+/m1/s1. The van der Waals surface area contributed by atoms with E-state index in [4.69, 9.17) is 5.11 Å². The van der Waals surface area contributed by atoms with Crippen LogP contribution in [-0.2, 0) is 49.6 Å². The van der Waals surface area contributed by atoms with Gasteiger partial charge >= 0.3 is 41.8 Å². The molecule has 10 N–H and O–H groups in total. The van der Waals surface area contributed by atoms with Gasteiger partial charge in [0.05, 0.1) is 26.2 Å². The normalized spacial score (nSPS) is 18.8. The highest BCUT2D eigenvalue weighted by molar-refractivity contribution is 5.89. The van der Waals surface area contributed by atoms with Crippen LogP contribution in [-0.4, -0.2) is 213 Å². The second kappa shape index (κ2) is 31.1. The first-order valence-electron chi connectivity index (χ1n) is 25.1. The van der Waals surface area contributed by atoms with Crippen LogP contribution in [0.4, 0.5) is 4.79 Å². The number of carboxylic acids is 6. The van der Waals surface area contributed by atoms with Crippen molar-refractivity contribution in [3.8, 4) is 0 Å². The van der Waals surface area contributed by atoms with Crippen LogP contribution in [0.1, 0.15) is 69.8 Å². The molecule has 24 nitrogen and oxygen atoms in total. The quantitative estimate of drug-likeness (QED) is 0.0525. The fourth-order valence-corrected chi connectivity index (χ4v) is 9.28. The number of carboxylic acid groups (broad SMARTS) is 6. The van der Waals surface area contributed by atoms with Gasteiger partial charge in [-0.2, -0.15) is 0 Å². The van der Waals surface area contributed by atoms with Gasteiger partial charge in [-0.1, -0.05) is 42.5 Å². The molecule has 1 aliphatic heterocycles. The molecule has 0 radical (unpaired) electrons. The van der Waals surface area contributed by atoms with Crippen molar-refractivity contribution in [2.24, 2.45) is 17.8 Å². The van der Waals surface area contributed by atoms with Gasteiger partial charge in [-0.15, -0.1) is 0 Å². The molecule has 2 aromatic rings. The minimum absolute atomic E-state index is 0.0150. The monoisotopic (exact) mass is 1040 g/mol. The lowest BCUT2D eigenvalue weighted by Crippen LogP contribution is -2.51. The van der Waals surface area contributed by atoms with Crippen LogP contribution >= 0.6 is 0 Å². The van der Waals surface area contributed by atoms with Gasteiger partial charge in [-0.3, -0.25) is 53.2 Å². The summed E-state index contributed by atoms with van der Waals surface area (Å²) >= 11 is 0. The SMILES string of the molecule is O=C(O)CC[C@H](NC(=O)N[C@@H](CCCCNC(=O)[C@@H](CC(=O)C1CCC(CNC(=O)CN2CCN(CC(=O)O)CCN(CC(=O)O)CCN(CC(=O)O)CC2)CC1)Cc1ccc2ccccc2c1)C(=O)O)C(=O)O. The second-order valence-corrected chi connectivity index (χ2v) is 19.2. The molecular formula is C50H72N8O16. The lowest BCUT2D eigenvalue weighted by Gasteiger charge is -2.33. The Morgan fingerprint density at radius 3 is 1.55 bits per heavy atom. The predicted molar refractivity (Wildman–Crippen MR) is 266 cm³/mol. The van der Waals surface area contributed by atoms with Gasteiger partial charge in [0, 0.05) is 90.1 Å². The average Bonchev–Trinajstić information content (AvgIpc) is 3.34. The van der Waals surface area contributed by atoms with Crippen molar-refractivity contribution in [2.45, 2.75) is 82.7 Å². The molecule has 3 atom stereocenters. The summed E-state index contributed by atoms with van der Waals surface area (Å²) in [6, 6.07) is 9.61. The topological polar surface area (TPSA) is 353 Å². The zero-order valence-electron chi connectivity index (χ0n) is 41.7. The molecule has 0 bridgehead atoms. The Hall–Kier alpha value is -6.76. The minimum Gasteiger partial charge on any atom is -0.481 e. The van der Waals surface area contributed by atoms with E-state index in [1.54, 1.807) is 14.7 Å². The Labute approximate surface area is 428 Å². The van der Waals surface area contributed by atoms with Gasteiger partial charge in [-0.25, -0.2) is 14.4 Å². The molecule has 1 heterocycles. The number of amides is 4. The summed E-state index contributed by atoms with van der Waals surface area (Å²) in [5, 5.41) is 68.6. The first-order valence-corrected chi connectivity index (χ1v) is 25.1. The number of benzene rings is 2. The number of Topliss-reactive ketones (excluding diaryl/α,β-unsaturated/α-hetero) is 1. The van der Waals surface area contributed by atoms with Crippen LogP contribution in [0, 0.1) is 17.8 Å². The van der Waals surface area contributed by atoms with Crippen molar-refractivity contribution >= 4 is 70.2 Å². The van der Waals surface area contributed by atoms with Crippen LogP contribution in [0.5, 0.6) is 0 Å². The van der Waals surface area contributed by atoms with Crippen LogP contribution in [0.3, 0.4) is 0 Å². The second-order valence-electron chi connectivity index (χ2n) is 19.2. The molecule has 1 saturated carbocycles. The third-order valence-electron chi connectivity index (χ3n) is 13.5. The molecule has 0 aromatic heterocycles. The number of unbranched alkanes of at least 4 members (excludes halogenated alkanes) is 1. The Balaban J connectivity index is 1.30. The number of carbonyl (C=O) groups excluding carboxylic acids is 4. The van der Waals surface area contributed by atoms with Gasteiger partial charge in [-0.05, 0) is 80.0 Å². The molecule has 0 unspecified atom stereocenters. The third kappa shape index (κ3) is 22.6. The van der Waals surface area contributed by atoms with E-state index in [0.29, 0.717) is 51.7 Å². The summed E-state index contributed by atoms with van der Waals surface area (Å²) in [6.45, 7) is 1.85. The van der Waals surface area contributed by atoms with Crippen molar-refractivity contribution < 1.29 is 78.6 Å². The highest BCUT2D eigenvalue weighted by Crippen LogP contribution is 2.31. The molecule has 408 valence electrons. The first-order chi connectivity index (χ1) is 35.2. The van der Waals surface area contributed by atoms with Gasteiger partial charge in [0.25, 0.3) is 0 Å². The zero-order chi connectivity index (χ0) is 54.2. The molecule has 4 rings (SSSR count). The van der Waals surface area contributed by atoms with Crippen LogP contribution in [0.2, 0.25) is 0 Å². The summed E-state index contributed by atoms with van der Waals surface area (Å²) < 4.78 is 0. The van der Waals surface area contributed by atoms with Crippen molar-refractivity contribution in [1.29, 1.82) is 0 Å². The van der Waals surface area contributed by atoms with Gasteiger partial charge in [0.2, 0.25) is 11.8 Å². The Kier molecular flexibility index (Phi) is 25.1. The molecule has 2 fully saturated rings. The van der Waals surface area contributed by atoms with Crippen molar-refractivity contribution in [1.82, 2.24) is 40.9 Å². The number of hydrogen-bond acceptors (Lipinski definition) is 14. The molecule has 0 spiro atoms. The Morgan fingerprint density at radius 2 is 1.05 bits per heavy atom. The number of fused-ring (bicyclic) bond motifs is 1. The predicted octanol–water partition coefficient (Wildman–Crippen LogP) is 0.713. The molecule has 24 heteroatoms. The molecule has 2 aliphatic rings. The smallest absolute Gasteiger partial charge is 0.326 e. The zero-order valence-corrected chi connectivity index (χ0v) is 41.7. The molecule has 4 amide bonds. The van der Waals surface area contributed by atoms with E-state index in [1.165, 1.54) is 0 Å². The summed E-state index contributed by atoms with van der Waals surface area (Å²) in [6.07, 6.45) is 2.29. The molecule has 74 heavy (non-hydrogen) atoms. The van der Waals surface area contributed by atoms with E-state index < -0.39 is 72.7 Å². The lowest BCUT2D eigenvalue weighted by atomic mass is 9.77. The summed E-state index contributed by atoms with van der Waals surface area (Å²) in [5.74, 6) is -8.84. The fourth-order valence-electron chi connectivity index (χ4n) is 9.28. The Morgan fingerprint density at radius 1 is 0.554 bits per heavy atom. The molecule has 2 aromatic carbocycles. The minimum atomic E-state index is -1.55. The van der Waals surface area contributed by atoms with E-state index >= 15 is 0 Å². The summed E-state index contributed by atoms with van der Waals surface area (Å²) in [7, 11) is 0. The fraction of sp³-hybridized carbons (Fsp3) is 0.600. The number of aliphatic carboxylic acids is 6. The number of nitrogens with zero attached hydrogens (tertiary/aromatic N) is 4. The van der Waals surface area contributed by atoms with Crippen LogP contribution in [0.15, 0.2) is 42.5 Å². The highest BCUT2D eigenvalue weighted by Gasteiger charge is 2.31. The molecule has 1 aliphatic carbocycles. The average molecular weight is 1040 g/mol. The van der Waals surface area contributed by atoms with E-state index in [-0.39, 0.29) is 127 Å². The van der Waals surface area contributed by atoms with Crippen molar-refractivity contribution in [3.05, 3.63) is 48.0 Å². The Bertz CT molecular complexity index is 2230. The van der Waals surface area contributed by atoms with Gasteiger partial charge < -0.3 is 51.9 Å². The first kappa shape index (κ1) is 59.8. The van der Waals surface area contributed by atoms with Crippen LogP contribution in [0.25, 0.3) is 10.8 Å². The summed E-state index contributed by atoms with van der Waals surface area (Å²) in [4.78, 5) is 129. The number of carbonyl (C=O) groups is 10. The lowest BCUT2D eigenvalue weighted by molar-refractivity contribution is -0.141. The largest absolute Gasteiger partial charge is 0.481 e. The number of hydrogen-bond donors (Lipinski definition) is 10. The highest BCUT2D eigenvalue weighted by atomic mass is 16.4. The van der Waals surface area contributed by atoms with Gasteiger partial charge in [0.1, 0.15) is 17.9 Å². The maximum absolute atomic E-state index is 13.9. The number of urea groups is 1. The van der Waals surface area contributed by atoms with E-state index in [2.05, 4.69) is 21.3 Å². The van der Waals surface area contributed by atoms with Gasteiger partial charge in [0.15, 0.2) is 0 Å². The summed E-state index contributed by atoms with van der Waals surface area (Å²) in [5.41, 5.74) is 0.866. The molecule has 1 saturated heterocycles. The maximum atomic E-state index is 13.9. The third-order valence-corrected chi connectivity index (χ3v) is 13.5. The van der Waals surface area contributed by atoms with E-state index in [1.807, 2.05) is 47.4 Å². The number of ketones is 1.